The lowest BCUT2D eigenvalue weighted by Crippen LogP contribution is -2.45. The van der Waals surface area contributed by atoms with E-state index in [0.29, 0.717) is 11.7 Å². The molecule has 0 bridgehead atoms. The first-order valence-corrected chi connectivity index (χ1v) is 7.63. The largest absolute Gasteiger partial charge is 0.355 e. The third kappa shape index (κ3) is 3.47. The molecule has 1 saturated heterocycles. The minimum absolute atomic E-state index is 0.00318. The molecule has 2 heterocycles. The number of hydrogen-bond acceptors (Lipinski definition) is 4. The molecule has 3 rings (SSSR count). The molecule has 1 atom stereocenters. The fourth-order valence-corrected chi connectivity index (χ4v) is 2.82. The van der Waals surface area contributed by atoms with E-state index in [2.05, 4.69) is 27.4 Å². The van der Waals surface area contributed by atoms with Gasteiger partial charge in [-0.1, -0.05) is 24.3 Å². The normalized spacial score (nSPS) is 15.9. The summed E-state index contributed by atoms with van der Waals surface area (Å²) in [6.45, 7) is 5.11. The van der Waals surface area contributed by atoms with Crippen molar-refractivity contribution < 1.29 is 9.18 Å². The molecule has 0 unspecified atom stereocenters. The second kappa shape index (κ2) is 6.32. The number of carbonyl (C=O) groups excluding carboxylic acids is 1. The number of amides is 1. The first kappa shape index (κ1) is 15.4. The zero-order valence-electron chi connectivity index (χ0n) is 13.2. The molecule has 1 aliphatic rings. The van der Waals surface area contributed by atoms with Crippen molar-refractivity contribution in [2.24, 2.45) is 0 Å². The lowest BCUT2D eigenvalue weighted by Gasteiger charge is -2.40. The Bertz CT molecular complexity index is 698. The van der Waals surface area contributed by atoms with Crippen LogP contribution in [-0.4, -0.2) is 29.0 Å². The maximum Gasteiger partial charge on any atom is 0.310 e. The standard InChI is InChI=1S/C17H19FN4O/c1-11(20-12(2)23)13-3-5-14(6-4-13)15-9-22(10-15)16-7-8-19-17(18)21-16/h3-8,11,15H,9-10H2,1-2H3,(H,20,23)/t11-/m0/s1. The van der Waals surface area contributed by atoms with E-state index in [-0.39, 0.29) is 11.9 Å². The molecule has 120 valence electrons. The van der Waals surface area contributed by atoms with Gasteiger partial charge in [0.1, 0.15) is 5.82 Å². The smallest absolute Gasteiger partial charge is 0.310 e. The maximum absolute atomic E-state index is 13.0. The molecule has 6 heteroatoms. The van der Waals surface area contributed by atoms with Crippen molar-refractivity contribution in [2.75, 3.05) is 18.0 Å². The zero-order chi connectivity index (χ0) is 16.4. The number of anilines is 1. The van der Waals surface area contributed by atoms with E-state index >= 15 is 0 Å². The first-order valence-electron chi connectivity index (χ1n) is 7.63. The number of hydrogen-bond donors (Lipinski definition) is 1. The van der Waals surface area contributed by atoms with Crippen LogP contribution in [0.15, 0.2) is 36.5 Å². The number of aromatic nitrogens is 2. The third-order valence-electron chi connectivity index (χ3n) is 4.14. The van der Waals surface area contributed by atoms with Gasteiger partial charge in [-0.15, -0.1) is 0 Å². The Hall–Kier alpha value is -2.50. The van der Waals surface area contributed by atoms with Crippen LogP contribution < -0.4 is 10.2 Å². The first-order chi connectivity index (χ1) is 11.0. The van der Waals surface area contributed by atoms with E-state index < -0.39 is 6.08 Å². The number of halogens is 1. The number of benzene rings is 1. The van der Waals surface area contributed by atoms with Crippen molar-refractivity contribution >= 4 is 11.7 Å². The Labute approximate surface area is 134 Å². The number of nitrogens with one attached hydrogen (secondary N) is 1. The van der Waals surface area contributed by atoms with Gasteiger partial charge in [0.2, 0.25) is 5.91 Å². The van der Waals surface area contributed by atoms with Crippen molar-refractivity contribution in [1.82, 2.24) is 15.3 Å². The van der Waals surface area contributed by atoms with Gasteiger partial charge in [-0.05, 0) is 24.1 Å². The van der Waals surface area contributed by atoms with Crippen LogP contribution in [0, 0.1) is 6.08 Å². The quantitative estimate of drug-likeness (QED) is 0.881. The Morgan fingerprint density at radius 1 is 1.30 bits per heavy atom. The summed E-state index contributed by atoms with van der Waals surface area (Å²) in [5, 5.41) is 2.87. The van der Waals surface area contributed by atoms with E-state index in [0.717, 1.165) is 18.7 Å². The summed E-state index contributed by atoms with van der Waals surface area (Å²) < 4.78 is 13.0. The highest BCUT2D eigenvalue weighted by Gasteiger charge is 2.29. The minimum Gasteiger partial charge on any atom is -0.355 e. The van der Waals surface area contributed by atoms with Gasteiger partial charge in [0, 0.05) is 32.1 Å². The van der Waals surface area contributed by atoms with E-state index in [9.17, 15) is 9.18 Å². The molecule has 1 aromatic carbocycles. The van der Waals surface area contributed by atoms with Gasteiger partial charge in [-0.25, -0.2) is 4.98 Å². The molecular weight excluding hydrogens is 295 g/mol. The van der Waals surface area contributed by atoms with Crippen molar-refractivity contribution in [3.63, 3.8) is 0 Å². The lowest BCUT2D eigenvalue weighted by atomic mass is 9.90. The molecule has 1 N–H and O–H groups in total. The Morgan fingerprint density at radius 2 is 2.00 bits per heavy atom. The zero-order valence-corrected chi connectivity index (χ0v) is 13.2. The monoisotopic (exact) mass is 314 g/mol. The molecule has 0 aliphatic carbocycles. The van der Waals surface area contributed by atoms with Gasteiger partial charge in [-0.2, -0.15) is 9.37 Å². The number of nitrogens with zero attached hydrogens (tertiary/aromatic N) is 3. The van der Waals surface area contributed by atoms with Crippen LogP contribution in [-0.2, 0) is 4.79 Å². The fraction of sp³-hybridized carbons (Fsp3) is 0.353. The van der Waals surface area contributed by atoms with E-state index in [1.165, 1.54) is 18.7 Å². The summed E-state index contributed by atoms with van der Waals surface area (Å²) in [5.41, 5.74) is 2.33. The Kier molecular flexibility index (Phi) is 4.23. The van der Waals surface area contributed by atoms with E-state index in [1.54, 1.807) is 6.07 Å². The summed E-state index contributed by atoms with van der Waals surface area (Å²) in [7, 11) is 0. The topological polar surface area (TPSA) is 58.1 Å². The number of rotatable bonds is 4. The van der Waals surface area contributed by atoms with Crippen molar-refractivity contribution in [2.45, 2.75) is 25.8 Å². The van der Waals surface area contributed by atoms with Gasteiger partial charge < -0.3 is 10.2 Å². The van der Waals surface area contributed by atoms with Crippen molar-refractivity contribution in [1.29, 1.82) is 0 Å². The lowest BCUT2D eigenvalue weighted by molar-refractivity contribution is -0.119. The highest BCUT2D eigenvalue weighted by atomic mass is 19.1. The van der Waals surface area contributed by atoms with Gasteiger partial charge in [0.05, 0.1) is 6.04 Å². The van der Waals surface area contributed by atoms with E-state index in [4.69, 9.17) is 0 Å². The minimum atomic E-state index is -0.692. The van der Waals surface area contributed by atoms with Gasteiger partial charge in [-0.3, -0.25) is 4.79 Å². The van der Waals surface area contributed by atoms with E-state index in [1.807, 2.05) is 24.0 Å². The summed E-state index contributed by atoms with van der Waals surface area (Å²) in [6, 6.07) is 10.00. The molecule has 23 heavy (non-hydrogen) atoms. The van der Waals surface area contributed by atoms with Crippen LogP contribution in [0.25, 0.3) is 0 Å². The molecule has 2 aromatic rings. The Morgan fingerprint density at radius 3 is 2.61 bits per heavy atom. The van der Waals surface area contributed by atoms with Gasteiger partial charge in [0.25, 0.3) is 0 Å². The van der Waals surface area contributed by atoms with Crippen LogP contribution in [0.4, 0.5) is 10.2 Å². The summed E-state index contributed by atoms with van der Waals surface area (Å²) in [5.74, 6) is 1.01. The van der Waals surface area contributed by atoms with Gasteiger partial charge >= 0.3 is 6.08 Å². The Balaban J connectivity index is 1.61. The second-order valence-corrected chi connectivity index (χ2v) is 5.87. The molecule has 1 aromatic heterocycles. The highest BCUT2D eigenvalue weighted by Crippen LogP contribution is 2.30. The molecule has 0 radical (unpaired) electrons. The molecule has 1 amide bonds. The van der Waals surface area contributed by atoms with Crippen molar-refractivity contribution in [3.8, 4) is 0 Å². The average Bonchev–Trinajstić information content (AvgIpc) is 2.46. The SMILES string of the molecule is CC(=O)N[C@@H](C)c1ccc(C2CN(c3ccnc(F)n3)C2)cc1. The second-order valence-electron chi connectivity index (χ2n) is 5.87. The van der Waals surface area contributed by atoms with Crippen LogP contribution in [0.5, 0.6) is 0 Å². The summed E-state index contributed by atoms with van der Waals surface area (Å²) in [6.07, 6.45) is 0.741. The molecular formula is C17H19FN4O. The predicted molar refractivity (Wildman–Crippen MR) is 85.6 cm³/mol. The van der Waals surface area contributed by atoms with Crippen LogP contribution >= 0.6 is 0 Å². The predicted octanol–water partition coefficient (Wildman–Crippen LogP) is 2.42. The fourth-order valence-electron chi connectivity index (χ4n) is 2.82. The third-order valence-corrected chi connectivity index (χ3v) is 4.14. The van der Waals surface area contributed by atoms with Crippen LogP contribution in [0.1, 0.15) is 36.9 Å². The highest BCUT2D eigenvalue weighted by molar-refractivity contribution is 5.73. The maximum atomic E-state index is 13.0. The molecule has 1 fully saturated rings. The van der Waals surface area contributed by atoms with Crippen molar-refractivity contribution in [3.05, 3.63) is 53.7 Å². The van der Waals surface area contributed by atoms with Crippen LogP contribution in [0.2, 0.25) is 0 Å². The number of carbonyl (C=O) groups is 1. The summed E-state index contributed by atoms with van der Waals surface area (Å²) >= 11 is 0. The molecule has 0 saturated carbocycles. The molecule has 0 spiro atoms. The van der Waals surface area contributed by atoms with Gasteiger partial charge in [0.15, 0.2) is 0 Å². The summed E-state index contributed by atoms with van der Waals surface area (Å²) in [4.78, 5) is 20.4. The van der Waals surface area contributed by atoms with Crippen LogP contribution in [0.3, 0.4) is 0 Å². The molecule has 1 aliphatic heterocycles. The molecule has 5 nitrogen and oxygen atoms in total. The average molecular weight is 314 g/mol.